The average molecular weight is 322 g/mol. The van der Waals surface area contributed by atoms with Crippen molar-refractivity contribution in [3.8, 4) is 11.5 Å². The van der Waals surface area contributed by atoms with Gasteiger partial charge in [-0.3, -0.25) is 4.79 Å². The highest BCUT2D eigenvalue weighted by Gasteiger charge is 2.09. The minimum absolute atomic E-state index is 0.0639. The quantitative estimate of drug-likeness (QED) is 0.910. The number of phenolic OH excluding ortho intramolecular Hbond substituents is 1. The lowest BCUT2D eigenvalue weighted by Crippen LogP contribution is -2.11. The fourth-order valence-electron chi connectivity index (χ4n) is 1.57. The van der Waals surface area contributed by atoms with Crippen molar-refractivity contribution in [1.29, 1.82) is 0 Å². The molecule has 98 valence electrons. The van der Waals surface area contributed by atoms with Crippen molar-refractivity contribution in [3.63, 3.8) is 0 Å². The Balaban J connectivity index is 2.16. The number of phenols is 1. The zero-order valence-corrected chi connectivity index (χ0v) is 11.8. The standard InChI is InChI=1S/C14H12BrNO3/c1-19-13-7-2-9(8-12(13)17)14(18)16-11-5-3-10(15)4-6-11/h2-8,17H,1H3,(H,16,18). The number of aromatic hydroxyl groups is 1. The van der Waals surface area contributed by atoms with Gasteiger partial charge in [-0.1, -0.05) is 15.9 Å². The second kappa shape index (κ2) is 5.75. The molecule has 0 heterocycles. The molecular formula is C14H12BrNO3. The number of methoxy groups -OCH3 is 1. The number of benzene rings is 2. The Bertz CT molecular complexity index is 596. The van der Waals surface area contributed by atoms with Crippen LogP contribution in [0.5, 0.6) is 11.5 Å². The van der Waals surface area contributed by atoms with Crippen molar-refractivity contribution < 1.29 is 14.6 Å². The number of hydrogen-bond acceptors (Lipinski definition) is 3. The molecule has 19 heavy (non-hydrogen) atoms. The van der Waals surface area contributed by atoms with E-state index in [1.807, 2.05) is 12.1 Å². The molecule has 1 amide bonds. The number of rotatable bonds is 3. The SMILES string of the molecule is COc1ccc(C(=O)Nc2ccc(Br)cc2)cc1O. The van der Waals surface area contributed by atoms with Gasteiger partial charge in [-0.2, -0.15) is 0 Å². The lowest BCUT2D eigenvalue weighted by Gasteiger charge is -2.07. The monoisotopic (exact) mass is 321 g/mol. The summed E-state index contributed by atoms with van der Waals surface area (Å²) in [7, 11) is 1.45. The summed E-state index contributed by atoms with van der Waals surface area (Å²) in [6.45, 7) is 0. The second-order valence-corrected chi connectivity index (χ2v) is 4.76. The van der Waals surface area contributed by atoms with Gasteiger partial charge in [0.1, 0.15) is 0 Å². The summed E-state index contributed by atoms with van der Waals surface area (Å²) in [6, 6.07) is 11.7. The highest BCUT2D eigenvalue weighted by Crippen LogP contribution is 2.26. The summed E-state index contributed by atoms with van der Waals surface area (Å²) >= 11 is 3.32. The highest BCUT2D eigenvalue weighted by atomic mass is 79.9. The minimum Gasteiger partial charge on any atom is -0.504 e. The van der Waals surface area contributed by atoms with E-state index in [0.29, 0.717) is 17.0 Å². The van der Waals surface area contributed by atoms with Gasteiger partial charge in [0.15, 0.2) is 11.5 Å². The number of nitrogens with one attached hydrogen (secondary N) is 1. The maximum absolute atomic E-state index is 12.0. The number of halogens is 1. The third-order valence-electron chi connectivity index (χ3n) is 2.54. The third-order valence-corrected chi connectivity index (χ3v) is 3.07. The van der Waals surface area contributed by atoms with Crippen LogP contribution in [0.15, 0.2) is 46.9 Å². The molecule has 0 aliphatic rings. The van der Waals surface area contributed by atoms with E-state index in [0.717, 1.165) is 4.47 Å². The van der Waals surface area contributed by atoms with Gasteiger partial charge in [0, 0.05) is 15.7 Å². The topological polar surface area (TPSA) is 58.6 Å². The largest absolute Gasteiger partial charge is 0.504 e. The molecule has 0 aliphatic heterocycles. The fraction of sp³-hybridized carbons (Fsp3) is 0.0714. The molecule has 0 fully saturated rings. The fourth-order valence-corrected chi connectivity index (χ4v) is 1.83. The summed E-state index contributed by atoms with van der Waals surface area (Å²) in [4.78, 5) is 12.0. The molecular weight excluding hydrogens is 310 g/mol. The zero-order chi connectivity index (χ0) is 13.8. The van der Waals surface area contributed by atoms with Crippen molar-refractivity contribution in [2.45, 2.75) is 0 Å². The van der Waals surface area contributed by atoms with E-state index < -0.39 is 0 Å². The number of carbonyl (C=O) groups is 1. The first-order chi connectivity index (χ1) is 9.10. The Morgan fingerprint density at radius 2 is 1.89 bits per heavy atom. The number of hydrogen-bond donors (Lipinski definition) is 2. The number of anilines is 1. The van der Waals surface area contributed by atoms with Crippen molar-refractivity contribution in [2.75, 3.05) is 12.4 Å². The molecule has 5 heteroatoms. The molecule has 0 aromatic heterocycles. The van der Waals surface area contributed by atoms with Crippen LogP contribution in [0, 0.1) is 0 Å². The third kappa shape index (κ3) is 3.26. The maximum Gasteiger partial charge on any atom is 0.255 e. The Labute approximate surface area is 119 Å². The van der Waals surface area contributed by atoms with Crippen LogP contribution in [0.3, 0.4) is 0 Å². The van der Waals surface area contributed by atoms with Crippen LogP contribution in [-0.4, -0.2) is 18.1 Å². The van der Waals surface area contributed by atoms with E-state index >= 15 is 0 Å². The van der Waals surface area contributed by atoms with Gasteiger partial charge in [-0.25, -0.2) is 0 Å². The van der Waals surface area contributed by atoms with E-state index in [1.165, 1.54) is 13.2 Å². The predicted octanol–water partition coefficient (Wildman–Crippen LogP) is 3.42. The summed E-state index contributed by atoms with van der Waals surface area (Å²) in [5.41, 5.74) is 1.05. The van der Waals surface area contributed by atoms with Crippen LogP contribution < -0.4 is 10.1 Å². The lowest BCUT2D eigenvalue weighted by atomic mass is 10.2. The molecule has 0 bridgehead atoms. The Hall–Kier alpha value is -2.01. The Morgan fingerprint density at radius 1 is 1.21 bits per heavy atom. The molecule has 0 saturated heterocycles. The number of ether oxygens (including phenoxy) is 1. The van der Waals surface area contributed by atoms with Crippen LogP contribution in [0.4, 0.5) is 5.69 Å². The maximum atomic E-state index is 12.0. The van der Waals surface area contributed by atoms with Gasteiger partial charge < -0.3 is 15.2 Å². The van der Waals surface area contributed by atoms with E-state index in [9.17, 15) is 9.90 Å². The molecule has 0 saturated carbocycles. The molecule has 0 spiro atoms. The molecule has 4 nitrogen and oxygen atoms in total. The summed E-state index contributed by atoms with van der Waals surface area (Å²) in [5, 5.41) is 12.4. The van der Waals surface area contributed by atoms with Gasteiger partial charge in [0.2, 0.25) is 0 Å². The van der Waals surface area contributed by atoms with E-state index in [4.69, 9.17) is 4.74 Å². The zero-order valence-electron chi connectivity index (χ0n) is 10.2. The number of amides is 1. The summed E-state index contributed by atoms with van der Waals surface area (Å²) < 4.78 is 5.86. The van der Waals surface area contributed by atoms with Crippen molar-refractivity contribution in [1.82, 2.24) is 0 Å². The molecule has 0 aliphatic carbocycles. The van der Waals surface area contributed by atoms with Gasteiger partial charge in [0.25, 0.3) is 5.91 Å². The predicted molar refractivity (Wildman–Crippen MR) is 76.8 cm³/mol. The first-order valence-corrected chi connectivity index (χ1v) is 6.33. The summed E-state index contributed by atoms with van der Waals surface area (Å²) in [6.07, 6.45) is 0. The Morgan fingerprint density at radius 3 is 2.47 bits per heavy atom. The van der Waals surface area contributed by atoms with E-state index in [2.05, 4.69) is 21.2 Å². The smallest absolute Gasteiger partial charge is 0.255 e. The highest BCUT2D eigenvalue weighted by molar-refractivity contribution is 9.10. The average Bonchev–Trinajstić information content (AvgIpc) is 2.41. The van der Waals surface area contributed by atoms with Crippen LogP contribution in [0.1, 0.15) is 10.4 Å². The molecule has 0 radical (unpaired) electrons. The van der Waals surface area contributed by atoms with Crippen molar-refractivity contribution >= 4 is 27.5 Å². The first kappa shape index (κ1) is 13.4. The van der Waals surface area contributed by atoms with E-state index in [1.54, 1.807) is 24.3 Å². The van der Waals surface area contributed by atoms with Crippen molar-refractivity contribution in [2.24, 2.45) is 0 Å². The molecule has 2 aromatic rings. The molecule has 2 rings (SSSR count). The van der Waals surface area contributed by atoms with Crippen LogP contribution >= 0.6 is 15.9 Å². The van der Waals surface area contributed by atoms with Gasteiger partial charge >= 0.3 is 0 Å². The Kier molecular flexibility index (Phi) is 4.06. The first-order valence-electron chi connectivity index (χ1n) is 5.54. The molecule has 0 unspecified atom stereocenters. The van der Waals surface area contributed by atoms with Crippen LogP contribution in [0.25, 0.3) is 0 Å². The molecule has 0 atom stereocenters. The van der Waals surface area contributed by atoms with Gasteiger partial charge in [-0.15, -0.1) is 0 Å². The van der Waals surface area contributed by atoms with Gasteiger partial charge in [0.05, 0.1) is 7.11 Å². The second-order valence-electron chi connectivity index (χ2n) is 3.85. The summed E-state index contributed by atoms with van der Waals surface area (Å²) in [5.74, 6) is -0.0218. The van der Waals surface area contributed by atoms with Crippen molar-refractivity contribution in [3.05, 3.63) is 52.5 Å². The lowest BCUT2D eigenvalue weighted by molar-refractivity contribution is 0.102. The van der Waals surface area contributed by atoms with E-state index in [-0.39, 0.29) is 11.7 Å². The molecule has 2 aromatic carbocycles. The number of carbonyl (C=O) groups excluding carboxylic acids is 1. The normalized spacial score (nSPS) is 10.0. The molecule has 2 N–H and O–H groups in total. The van der Waals surface area contributed by atoms with Crippen LogP contribution in [-0.2, 0) is 0 Å². The van der Waals surface area contributed by atoms with Crippen LogP contribution in [0.2, 0.25) is 0 Å². The minimum atomic E-state index is -0.291. The van der Waals surface area contributed by atoms with Gasteiger partial charge in [-0.05, 0) is 42.5 Å².